The van der Waals surface area contributed by atoms with Crippen molar-refractivity contribution in [3.8, 4) is 0 Å². The number of likely N-dealkylation sites (tertiary alicyclic amines) is 1. The molecule has 1 aromatic heterocycles. The first kappa shape index (κ1) is 13.3. The lowest BCUT2D eigenvalue weighted by molar-refractivity contribution is -0.145. The Morgan fingerprint density at radius 1 is 1.47 bits per heavy atom. The first-order valence-corrected chi connectivity index (χ1v) is 6.10. The Kier molecular flexibility index (Phi) is 3.94. The predicted octanol–water partition coefficient (Wildman–Crippen LogP) is -0.434. The SMILES string of the molecule is O=C(O)[C@@H]1CCCN(C(=O)Cn2cccnc2=O)C1. The molecule has 1 saturated heterocycles. The fourth-order valence-electron chi connectivity index (χ4n) is 2.16. The number of carboxylic acids is 1. The van der Waals surface area contributed by atoms with E-state index in [0.717, 1.165) is 0 Å². The van der Waals surface area contributed by atoms with Crippen LogP contribution in [0.5, 0.6) is 0 Å². The van der Waals surface area contributed by atoms with Crippen molar-refractivity contribution in [3.63, 3.8) is 0 Å². The summed E-state index contributed by atoms with van der Waals surface area (Å²) < 4.78 is 1.21. The third-order valence-corrected chi connectivity index (χ3v) is 3.21. The van der Waals surface area contributed by atoms with Crippen molar-refractivity contribution < 1.29 is 14.7 Å². The summed E-state index contributed by atoms with van der Waals surface area (Å²) in [5, 5.41) is 8.97. The van der Waals surface area contributed by atoms with Gasteiger partial charge in [-0.25, -0.2) is 9.78 Å². The fraction of sp³-hybridized carbons (Fsp3) is 0.500. The minimum atomic E-state index is -0.879. The fourth-order valence-corrected chi connectivity index (χ4v) is 2.16. The summed E-state index contributed by atoms with van der Waals surface area (Å²) in [4.78, 5) is 39.4. The van der Waals surface area contributed by atoms with E-state index in [2.05, 4.69) is 4.98 Å². The molecule has 7 heteroatoms. The molecular weight excluding hydrogens is 250 g/mol. The molecule has 0 unspecified atom stereocenters. The molecule has 0 radical (unpaired) electrons. The Morgan fingerprint density at radius 2 is 2.26 bits per heavy atom. The van der Waals surface area contributed by atoms with Crippen molar-refractivity contribution in [2.45, 2.75) is 19.4 Å². The summed E-state index contributed by atoms with van der Waals surface area (Å²) >= 11 is 0. The van der Waals surface area contributed by atoms with Crippen molar-refractivity contribution in [1.29, 1.82) is 0 Å². The maximum absolute atomic E-state index is 12.0. The van der Waals surface area contributed by atoms with Crippen LogP contribution in [-0.2, 0) is 16.1 Å². The van der Waals surface area contributed by atoms with Gasteiger partial charge in [-0.3, -0.25) is 14.2 Å². The van der Waals surface area contributed by atoms with Gasteiger partial charge >= 0.3 is 11.7 Å². The van der Waals surface area contributed by atoms with E-state index in [0.29, 0.717) is 19.4 Å². The van der Waals surface area contributed by atoms with Gasteiger partial charge in [0.1, 0.15) is 6.54 Å². The predicted molar refractivity (Wildman–Crippen MR) is 65.4 cm³/mol. The number of carboxylic acid groups (broad SMARTS) is 1. The molecule has 1 fully saturated rings. The molecule has 1 aliphatic heterocycles. The van der Waals surface area contributed by atoms with Crippen LogP contribution >= 0.6 is 0 Å². The summed E-state index contributed by atoms with van der Waals surface area (Å²) in [6, 6.07) is 1.57. The van der Waals surface area contributed by atoms with Crippen LogP contribution in [0.4, 0.5) is 0 Å². The second-order valence-corrected chi connectivity index (χ2v) is 4.55. The third-order valence-electron chi connectivity index (χ3n) is 3.21. The van der Waals surface area contributed by atoms with Gasteiger partial charge < -0.3 is 10.0 Å². The van der Waals surface area contributed by atoms with E-state index in [1.165, 1.54) is 21.9 Å². The van der Waals surface area contributed by atoms with Gasteiger partial charge in [-0.2, -0.15) is 0 Å². The zero-order valence-electron chi connectivity index (χ0n) is 10.4. The highest BCUT2D eigenvalue weighted by Crippen LogP contribution is 2.16. The highest BCUT2D eigenvalue weighted by atomic mass is 16.4. The third kappa shape index (κ3) is 3.18. The summed E-state index contributed by atoms with van der Waals surface area (Å²) in [7, 11) is 0. The van der Waals surface area contributed by atoms with E-state index in [1.807, 2.05) is 0 Å². The van der Waals surface area contributed by atoms with E-state index in [-0.39, 0.29) is 19.0 Å². The van der Waals surface area contributed by atoms with Crippen LogP contribution in [0.25, 0.3) is 0 Å². The molecular formula is C12H15N3O4. The molecule has 7 nitrogen and oxygen atoms in total. The standard InChI is InChI=1S/C12H15N3O4/c16-10(8-15-6-2-4-13-12(15)19)14-5-1-3-9(7-14)11(17)18/h2,4,6,9H,1,3,5,7-8H2,(H,17,18)/t9-/m1/s1. The average Bonchev–Trinajstić information content (AvgIpc) is 2.41. The number of hydrogen-bond acceptors (Lipinski definition) is 4. The van der Waals surface area contributed by atoms with E-state index in [9.17, 15) is 14.4 Å². The second-order valence-electron chi connectivity index (χ2n) is 4.55. The van der Waals surface area contributed by atoms with E-state index in [1.54, 1.807) is 6.07 Å². The molecule has 19 heavy (non-hydrogen) atoms. The van der Waals surface area contributed by atoms with Crippen molar-refractivity contribution >= 4 is 11.9 Å². The maximum Gasteiger partial charge on any atom is 0.347 e. The molecule has 1 atom stereocenters. The van der Waals surface area contributed by atoms with Crippen LogP contribution < -0.4 is 5.69 Å². The quantitative estimate of drug-likeness (QED) is 0.800. The Balaban J connectivity index is 2.02. The molecule has 102 valence electrons. The molecule has 0 saturated carbocycles. The number of piperidine rings is 1. The van der Waals surface area contributed by atoms with Gasteiger partial charge in [-0.05, 0) is 18.9 Å². The van der Waals surface area contributed by atoms with Gasteiger partial charge in [0.25, 0.3) is 0 Å². The average molecular weight is 265 g/mol. The highest BCUT2D eigenvalue weighted by molar-refractivity contribution is 5.77. The molecule has 0 aromatic carbocycles. The van der Waals surface area contributed by atoms with Crippen LogP contribution in [0.1, 0.15) is 12.8 Å². The second kappa shape index (κ2) is 5.64. The number of amides is 1. The molecule has 0 spiro atoms. The lowest BCUT2D eigenvalue weighted by Crippen LogP contribution is -2.44. The molecule has 0 aliphatic carbocycles. The summed E-state index contributed by atoms with van der Waals surface area (Å²) in [6.45, 7) is 0.653. The Bertz CT molecular complexity index is 540. The molecule has 1 N–H and O–H groups in total. The van der Waals surface area contributed by atoms with Gasteiger partial charge in [0, 0.05) is 25.5 Å². The number of nitrogens with zero attached hydrogens (tertiary/aromatic N) is 3. The molecule has 0 bridgehead atoms. The van der Waals surface area contributed by atoms with Crippen molar-refractivity contribution in [2.24, 2.45) is 5.92 Å². The van der Waals surface area contributed by atoms with Crippen LogP contribution in [-0.4, -0.2) is 44.5 Å². The highest BCUT2D eigenvalue weighted by Gasteiger charge is 2.28. The molecule has 1 aromatic rings. The van der Waals surface area contributed by atoms with Gasteiger partial charge in [0.2, 0.25) is 5.91 Å². The minimum absolute atomic E-state index is 0.0982. The largest absolute Gasteiger partial charge is 0.481 e. The van der Waals surface area contributed by atoms with Crippen LogP contribution in [0.3, 0.4) is 0 Å². The van der Waals surface area contributed by atoms with Crippen molar-refractivity contribution in [3.05, 3.63) is 28.9 Å². The monoisotopic (exact) mass is 265 g/mol. The first-order valence-electron chi connectivity index (χ1n) is 6.10. The molecule has 2 heterocycles. The Morgan fingerprint density at radius 3 is 2.95 bits per heavy atom. The molecule has 2 rings (SSSR count). The molecule has 1 aliphatic rings. The minimum Gasteiger partial charge on any atom is -0.481 e. The number of carbonyl (C=O) groups excluding carboxylic acids is 1. The number of aromatic nitrogens is 2. The number of rotatable bonds is 3. The Labute approximate surface area is 109 Å². The van der Waals surface area contributed by atoms with Crippen molar-refractivity contribution in [1.82, 2.24) is 14.5 Å². The van der Waals surface area contributed by atoms with Gasteiger partial charge in [0.15, 0.2) is 0 Å². The van der Waals surface area contributed by atoms with E-state index in [4.69, 9.17) is 5.11 Å². The summed E-state index contributed by atoms with van der Waals surface area (Å²) in [6.07, 6.45) is 4.12. The van der Waals surface area contributed by atoms with E-state index >= 15 is 0 Å². The summed E-state index contributed by atoms with van der Waals surface area (Å²) in [5.41, 5.74) is -0.484. The van der Waals surface area contributed by atoms with Crippen LogP contribution in [0.2, 0.25) is 0 Å². The summed E-state index contributed by atoms with van der Waals surface area (Å²) in [5.74, 6) is -1.64. The zero-order valence-corrected chi connectivity index (χ0v) is 10.4. The smallest absolute Gasteiger partial charge is 0.347 e. The van der Waals surface area contributed by atoms with Gasteiger partial charge in [-0.15, -0.1) is 0 Å². The Hall–Kier alpha value is -2.18. The molecule has 1 amide bonds. The number of aliphatic carboxylic acids is 1. The lowest BCUT2D eigenvalue weighted by atomic mass is 9.98. The zero-order chi connectivity index (χ0) is 13.8. The van der Waals surface area contributed by atoms with Gasteiger partial charge in [0.05, 0.1) is 5.92 Å². The first-order chi connectivity index (χ1) is 9.08. The van der Waals surface area contributed by atoms with E-state index < -0.39 is 17.6 Å². The maximum atomic E-state index is 12.0. The topological polar surface area (TPSA) is 92.5 Å². The number of hydrogen-bond donors (Lipinski definition) is 1. The normalized spacial score (nSPS) is 19.2. The van der Waals surface area contributed by atoms with Gasteiger partial charge in [-0.1, -0.05) is 0 Å². The lowest BCUT2D eigenvalue weighted by Gasteiger charge is -2.30. The van der Waals surface area contributed by atoms with Crippen molar-refractivity contribution in [2.75, 3.05) is 13.1 Å². The number of carbonyl (C=O) groups is 2. The van der Waals surface area contributed by atoms with Crippen LogP contribution in [0.15, 0.2) is 23.3 Å². The van der Waals surface area contributed by atoms with Crippen LogP contribution in [0, 0.1) is 5.92 Å².